The van der Waals surface area contributed by atoms with Crippen molar-refractivity contribution < 1.29 is 26.4 Å². The van der Waals surface area contributed by atoms with Gasteiger partial charge in [-0.25, -0.2) is 16.8 Å². The summed E-state index contributed by atoms with van der Waals surface area (Å²) in [6, 6.07) is 11.3. The number of ether oxygens (including phenoxy) is 1. The Morgan fingerprint density at radius 2 is 1.51 bits per heavy atom. The fraction of sp³-hybridized carbons (Fsp3) is 0.500. The number of hydrogen-bond acceptors (Lipinski definition) is 6. The number of nitrogens with zero attached hydrogens (tertiary/aromatic N) is 2. The van der Waals surface area contributed by atoms with Gasteiger partial charge in [0, 0.05) is 32.7 Å². The summed E-state index contributed by atoms with van der Waals surface area (Å²) in [5.41, 5.74) is 1.50. The number of carbonyl (C=O) groups excluding carboxylic acids is 1. The maximum atomic E-state index is 13.2. The number of piperidine rings is 2. The normalized spacial score (nSPS) is 19.9. The van der Waals surface area contributed by atoms with Crippen LogP contribution in [0.2, 0.25) is 0 Å². The lowest BCUT2D eigenvalue weighted by atomic mass is 9.99. The summed E-state index contributed by atoms with van der Waals surface area (Å²) >= 11 is 0. The van der Waals surface area contributed by atoms with Gasteiger partial charge in [0.15, 0.2) is 0 Å². The maximum absolute atomic E-state index is 13.2. The van der Waals surface area contributed by atoms with Crippen LogP contribution in [0.1, 0.15) is 43.2 Å². The van der Waals surface area contributed by atoms with Crippen molar-refractivity contribution in [3.63, 3.8) is 0 Å². The van der Waals surface area contributed by atoms with Crippen LogP contribution in [0, 0.1) is 12.8 Å². The molecule has 0 bridgehead atoms. The monoisotopic (exact) mass is 549 g/mol. The third-order valence-electron chi connectivity index (χ3n) is 7.10. The molecular formula is C26H35N3O6S2. The largest absolute Gasteiger partial charge is 0.496 e. The van der Waals surface area contributed by atoms with Gasteiger partial charge in [0.05, 0.1) is 22.8 Å². The standard InChI is InChI=1S/C26H35N3O6S2/c1-20-17-24(12-13-25(20)35-2)37(33,34)29-16-6-7-22(19-29)26(30)27-18-21-8-10-23(11-9-21)36(31,32)28-14-4-3-5-15-28/h8-13,17,22H,3-7,14-16,18-19H2,1-2H3,(H,27,30)/t22-/m0/s1. The van der Waals surface area contributed by atoms with E-state index in [9.17, 15) is 21.6 Å². The van der Waals surface area contributed by atoms with Crippen LogP contribution < -0.4 is 10.1 Å². The van der Waals surface area contributed by atoms with E-state index in [0.29, 0.717) is 38.2 Å². The molecule has 0 spiro atoms. The van der Waals surface area contributed by atoms with E-state index in [1.807, 2.05) is 0 Å². The minimum atomic E-state index is -3.73. The molecule has 0 saturated carbocycles. The number of amides is 1. The second-order valence-electron chi connectivity index (χ2n) is 9.66. The number of rotatable bonds is 8. The van der Waals surface area contributed by atoms with Crippen molar-refractivity contribution >= 4 is 26.0 Å². The lowest BCUT2D eigenvalue weighted by Gasteiger charge is -2.31. The summed E-state index contributed by atoms with van der Waals surface area (Å²) < 4.78 is 60.2. The first-order valence-electron chi connectivity index (χ1n) is 12.6. The number of sulfonamides is 2. The first-order chi connectivity index (χ1) is 17.6. The highest BCUT2D eigenvalue weighted by Gasteiger charge is 2.33. The molecule has 2 aromatic rings. The van der Waals surface area contributed by atoms with Gasteiger partial charge < -0.3 is 10.1 Å². The van der Waals surface area contributed by atoms with Crippen molar-refractivity contribution in [3.8, 4) is 5.75 Å². The van der Waals surface area contributed by atoms with E-state index in [4.69, 9.17) is 4.74 Å². The van der Waals surface area contributed by atoms with Gasteiger partial charge in [-0.15, -0.1) is 0 Å². The molecule has 0 aromatic heterocycles. The first-order valence-corrected chi connectivity index (χ1v) is 15.5. The topological polar surface area (TPSA) is 113 Å². The number of nitrogens with one attached hydrogen (secondary N) is 1. The van der Waals surface area contributed by atoms with Gasteiger partial charge in [-0.1, -0.05) is 18.6 Å². The van der Waals surface area contributed by atoms with Crippen molar-refractivity contribution in [2.45, 2.75) is 55.4 Å². The first kappa shape index (κ1) is 27.6. The van der Waals surface area contributed by atoms with Crippen LogP contribution in [0.25, 0.3) is 0 Å². The molecule has 37 heavy (non-hydrogen) atoms. The third-order valence-corrected chi connectivity index (χ3v) is 10.9. The quantitative estimate of drug-likeness (QED) is 0.542. The smallest absolute Gasteiger partial charge is 0.243 e. The van der Waals surface area contributed by atoms with E-state index in [2.05, 4.69) is 5.32 Å². The Balaban J connectivity index is 1.36. The molecule has 0 unspecified atom stereocenters. The molecule has 9 nitrogen and oxygen atoms in total. The molecule has 1 atom stereocenters. The second kappa shape index (κ2) is 11.5. The highest BCUT2D eigenvalue weighted by Crippen LogP contribution is 2.27. The fourth-order valence-corrected chi connectivity index (χ4v) is 8.03. The van der Waals surface area contributed by atoms with Crippen molar-refractivity contribution in [2.24, 2.45) is 5.92 Å². The van der Waals surface area contributed by atoms with Gasteiger partial charge in [0.25, 0.3) is 0 Å². The molecule has 0 radical (unpaired) electrons. The van der Waals surface area contributed by atoms with Crippen LogP contribution in [0.3, 0.4) is 0 Å². The molecule has 2 heterocycles. The van der Waals surface area contributed by atoms with E-state index in [1.54, 1.807) is 43.3 Å². The lowest BCUT2D eigenvalue weighted by molar-refractivity contribution is -0.126. The summed E-state index contributed by atoms with van der Waals surface area (Å²) in [4.78, 5) is 13.3. The predicted molar refractivity (Wildman–Crippen MR) is 140 cm³/mol. The Morgan fingerprint density at radius 3 is 2.16 bits per heavy atom. The summed E-state index contributed by atoms with van der Waals surface area (Å²) in [5, 5.41) is 2.89. The van der Waals surface area contributed by atoms with E-state index in [1.165, 1.54) is 21.8 Å². The highest BCUT2D eigenvalue weighted by molar-refractivity contribution is 7.89. The third kappa shape index (κ3) is 6.17. The predicted octanol–water partition coefficient (Wildman–Crippen LogP) is 2.90. The van der Waals surface area contributed by atoms with E-state index < -0.39 is 26.0 Å². The van der Waals surface area contributed by atoms with Gasteiger partial charge in [-0.05, 0) is 74.1 Å². The number of aryl methyl sites for hydroxylation is 1. The Labute approximate surface area is 219 Å². The van der Waals surface area contributed by atoms with Crippen LogP contribution in [0.15, 0.2) is 52.3 Å². The molecule has 202 valence electrons. The van der Waals surface area contributed by atoms with Gasteiger partial charge in [0.1, 0.15) is 5.75 Å². The summed E-state index contributed by atoms with van der Waals surface area (Å²) in [7, 11) is -5.70. The number of hydrogen-bond donors (Lipinski definition) is 1. The average molecular weight is 550 g/mol. The zero-order valence-corrected chi connectivity index (χ0v) is 23.0. The molecule has 2 aliphatic heterocycles. The van der Waals surface area contributed by atoms with Crippen LogP contribution in [-0.4, -0.2) is 64.6 Å². The second-order valence-corrected chi connectivity index (χ2v) is 13.5. The molecule has 2 aromatic carbocycles. The van der Waals surface area contributed by atoms with Crippen molar-refractivity contribution in [1.29, 1.82) is 0 Å². The molecule has 0 aliphatic carbocycles. The molecule has 2 saturated heterocycles. The number of benzene rings is 2. The Bertz CT molecular complexity index is 1320. The molecule has 2 fully saturated rings. The van der Waals surface area contributed by atoms with Crippen molar-refractivity contribution in [2.75, 3.05) is 33.3 Å². The molecule has 1 N–H and O–H groups in total. The fourth-order valence-electron chi connectivity index (χ4n) is 4.90. The van der Waals surface area contributed by atoms with Crippen LogP contribution in [0.4, 0.5) is 0 Å². The molecule has 1 amide bonds. The zero-order valence-electron chi connectivity index (χ0n) is 21.4. The Kier molecular flexibility index (Phi) is 8.57. The average Bonchev–Trinajstić information content (AvgIpc) is 2.92. The number of carbonyl (C=O) groups is 1. The molecule has 11 heteroatoms. The molecule has 2 aliphatic rings. The van der Waals surface area contributed by atoms with E-state index in [-0.39, 0.29) is 28.8 Å². The Hall–Kier alpha value is -2.47. The minimum absolute atomic E-state index is 0.117. The maximum Gasteiger partial charge on any atom is 0.243 e. The van der Waals surface area contributed by atoms with Crippen LogP contribution in [-0.2, 0) is 31.4 Å². The summed E-state index contributed by atoms with van der Waals surface area (Å²) in [6.07, 6.45) is 4.00. The van der Waals surface area contributed by atoms with Crippen LogP contribution in [0.5, 0.6) is 5.75 Å². The molecule has 4 rings (SSSR count). The number of methoxy groups -OCH3 is 1. The van der Waals surface area contributed by atoms with Gasteiger partial charge in [-0.3, -0.25) is 4.79 Å². The van der Waals surface area contributed by atoms with Crippen molar-refractivity contribution in [1.82, 2.24) is 13.9 Å². The van der Waals surface area contributed by atoms with Crippen LogP contribution >= 0.6 is 0 Å². The van der Waals surface area contributed by atoms with E-state index >= 15 is 0 Å². The molecular weight excluding hydrogens is 514 g/mol. The minimum Gasteiger partial charge on any atom is -0.496 e. The SMILES string of the molecule is COc1ccc(S(=O)(=O)N2CCC[C@H](C(=O)NCc3ccc(S(=O)(=O)N4CCCCC4)cc3)C2)cc1C. The summed E-state index contributed by atoms with van der Waals surface area (Å²) in [6.45, 7) is 3.61. The van der Waals surface area contributed by atoms with E-state index in [0.717, 1.165) is 30.4 Å². The lowest BCUT2D eigenvalue weighted by Crippen LogP contribution is -2.45. The summed E-state index contributed by atoms with van der Waals surface area (Å²) in [5.74, 6) is -0.0515. The van der Waals surface area contributed by atoms with Crippen molar-refractivity contribution in [3.05, 3.63) is 53.6 Å². The van der Waals surface area contributed by atoms with Gasteiger partial charge in [-0.2, -0.15) is 8.61 Å². The van der Waals surface area contributed by atoms with Gasteiger partial charge in [0.2, 0.25) is 26.0 Å². The Morgan fingerprint density at radius 1 is 0.892 bits per heavy atom. The zero-order chi connectivity index (χ0) is 26.6. The van der Waals surface area contributed by atoms with Gasteiger partial charge >= 0.3 is 0 Å². The highest BCUT2D eigenvalue weighted by atomic mass is 32.2.